The standard InChI is InChI=1S/C21H26N2O5S/c1-13(19(24)23-21(26)22-2)27-20(25)18-16(12-29-14-8-4-3-5-9-14)15-10-6-7-11-17(15)28-18/h6-7,10-11,13-14H,3-5,8-9,12H2,1-2H3,(H2,22,23,24,26)/t13-/m0/s1. The van der Waals surface area contributed by atoms with Crippen molar-refractivity contribution in [1.82, 2.24) is 10.6 Å². The Morgan fingerprint density at radius 3 is 2.66 bits per heavy atom. The maximum Gasteiger partial charge on any atom is 0.375 e. The minimum Gasteiger partial charge on any atom is -0.449 e. The lowest BCUT2D eigenvalue weighted by Crippen LogP contribution is -2.43. The average molecular weight is 419 g/mol. The molecule has 2 aromatic rings. The fourth-order valence-electron chi connectivity index (χ4n) is 3.38. The number of hydrogen-bond acceptors (Lipinski definition) is 6. The lowest BCUT2D eigenvalue weighted by Gasteiger charge is -2.20. The van der Waals surface area contributed by atoms with Gasteiger partial charge in [0.25, 0.3) is 5.91 Å². The number of amides is 3. The first-order chi connectivity index (χ1) is 14.0. The van der Waals surface area contributed by atoms with Gasteiger partial charge in [0.1, 0.15) is 5.58 Å². The van der Waals surface area contributed by atoms with Crippen molar-refractivity contribution >= 4 is 40.6 Å². The van der Waals surface area contributed by atoms with Crippen LogP contribution in [0.25, 0.3) is 11.0 Å². The van der Waals surface area contributed by atoms with Gasteiger partial charge in [-0.3, -0.25) is 10.1 Å². The van der Waals surface area contributed by atoms with Gasteiger partial charge in [0, 0.05) is 29.0 Å². The van der Waals surface area contributed by atoms with Crippen molar-refractivity contribution < 1.29 is 23.5 Å². The third kappa shape index (κ3) is 5.32. The molecule has 0 bridgehead atoms. The van der Waals surface area contributed by atoms with Gasteiger partial charge >= 0.3 is 12.0 Å². The largest absolute Gasteiger partial charge is 0.449 e. The Morgan fingerprint density at radius 1 is 1.21 bits per heavy atom. The van der Waals surface area contributed by atoms with Crippen molar-refractivity contribution in [3.05, 3.63) is 35.6 Å². The molecule has 0 saturated heterocycles. The second-order valence-electron chi connectivity index (χ2n) is 7.09. The molecule has 1 aromatic carbocycles. The molecule has 0 radical (unpaired) electrons. The van der Waals surface area contributed by atoms with Gasteiger partial charge in [-0.2, -0.15) is 11.8 Å². The summed E-state index contributed by atoms with van der Waals surface area (Å²) >= 11 is 1.84. The zero-order valence-corrected chi connectivity index (χ0v) is 17.5. The molecular weight excluding hydrogens is 392 g/mol. The molecule has 1 saturated carbocycles. The van der Waals surface area contributed by atoms with Crippen LogP contribution in [0.1, 0.15) is 55.1 Å². The molecule has 1 heterocycles. The van der Waals surface area contributed by atoms with Crippen LogP contribution < -0.4 is 10.6 Å². The van der Waals surface area contributed by atoms with Crippen molar-refractivity contribution in [3.8, 4) is 0 Å². The van der Waals surface area contributed by atoms with Gasteiger partial charge in [-0.05, 0) is 25.8 Å². The zero-order valence-electron chi connectivity index (χ0n) is 16.7. The summed E-state index contributed by atoms with van der Waals surface area (Å²) in [5.74, 6) is -0.647. The predicted octanol–water partition coefficient (Wildman–Crippen LogP) is 4.00. The minimum absolute atomic E-state index is 0.120. The van der Waals surface area contributed by atoms with E-state index in [0.29, 0.717) is 16.6 Å². The van der Waals surface area contributed by atoms with Gasteiger partial charge in [-0.1, -0.05) is 37.5 Å². The predicted molar refractivity (Wildman–Crippen MR) is 112 cm³/mol. The average Bonchev–Trinajstić information content (AvgIpc) is 3.11. The fraction of sp³-hybridized carbons (Fsp3) is 0.476. The van der Waals surface area contributed by atoms with E-state index in [0.717, 1.165) is 10.9 Å². The molecule has 1 aromatic heterocycles. The van der Waals surface area contributed by atoms with Crippen LogP contribution >= 0.6 is 11.8 Å². The van der Waals surface area contributed by atoms with Gasteiger partial charge in [-0.25, -0.2) is 9.59 Å². The highest BCUT2D eigenvalue weighted by atomic mass is 32.2. The monoisotopic (exact) mass is 418 g/mol. The molecule has 1 aliphatic carbocycles. The molecule has 1 fully saturated rings. The molecule has 2 N–H and O–H groups in total. The number of imide groups is 1. The summed E-state index contributed by atoms with van der Waals surface area (Å²) in [6, 6.07) is 6.82. The number of fused-ring (bicyclic) bond motifs is 1. The summed E-state index contributed by atoms with van der Waals surface area (Å²) in [5, 5.41) is 5.83. The van der Waals surface area contributed by atoms with Crippen molar-refractivity contribution in [2.24, 2.45) is 0 Å². The van der Waals surface area contributed by atoms with E-state index in [2.05, 4.69) is 10.6 Å². The van der Waals surface area contributed by atoms with E-state index in [4.69, 9.17) is 9.15 Å². The summed E-state index contributed by atoms with van der Waals surface area (Å²) in [7, 11) is 1.39. The smallest absolute Gasteiger partial charge is 0.375 e. The Labute approximate surface area is 173 Å². The molecule has 3 rings (SSSR count). The normalized spacial score (nSPS) is 15.7. The van der Waals surface area contributed by atoms with Gasteiger partial charge in [0.15, 0.2) is 6.10 Å². The molecule has 0 unspecified atom stereocenters. The Morgan fingerprint density at radius 2 is 1.93 bits per heavy atom. The van der Waals surface area contributed by atoms with Gasteiger partial charge in [0.2, 0.25) is 5.76 Å². The van der Waals surface area contributed by atoms with E-state index in [9.17, 15) is 14.4 Å². The number of benzene rings is 1. The Balaban J connectivity index is 1.75. The van der Waals surface area contributed by atoms with Crippen LogP contribution in [0.4, 0.5) is 4.79 Å². The van der Waals surface area contributed by atoms with Crippen molar-refractivity contribution in [2.75, 3.05) is 7.05 Å². The van der Waals surface area contributed by atoms with Gasteiger partial charge < -0.3 is 14.5 Å². The summed E-state index contributed by atoms with van der Waals surface area (Å²) in [6.45, 7) is 1.41. The molecule has 3 amide bonds. The first-order valence-electron chi connectivity index (χ1n) is 9.85. The molecule has 1 atom stereocenters. The number of ether oxygens (including phenoxy) is 1. The highest BCUT2D eigenvalue weighted by molar-refractivity contribution is 7.99. The van der Waals surface area contributed by atoms with Crippen molar-refractivity contribution in [1.29, 1.82) is 0 Å². The third-order valence-electron chi connectivity index (χ3n) is 5.02. The highest BCUT2D eigenvalue weighted by Gasteiger charge is 2.27. The molecule has 29 heavy (non-hydrogen) atoms. The molecule has 0 spiro atoms. The maximum absolute atomic E-state index is 12.8. The number of hydrogen-bond donors (Lipinski definition) is 2. The Kier molecular flexibility index (Phi) is 7.19. The number of thioether (sulfide) groups is 1. The highest BCUT2D eigenvalue weighted by Crippen LogP contribution is 2.35. The van der Waals surface area contributed by atoms with E-state index < -0.39 is 24.0 Å². The maximum atomic E-state index is 12.8. The quantitative estimate of drug-likeness (QED) is 0.688. The second kappa shape index (κ2) is 9.82. The van der Waals surface area contributed by atoms with Gasteiger partial charge in [-0.15, -0.1) is 0 Å². The summed E-state index contributed by atoms with van der Waals surface area (Å²) < 4.78 is 11.1. The molecule has 8 heteroatoms. The Bertz CT molecular complexity index is 888. The van der Waals surface area contributed by atoms with Crippen LogP contribution in [0.3, 0.4) is 0 Å². The van der Waals surface area contributed by atoms with Crippen LogP contribution in [-0.4, -0.2) is 36.3 Å². The molecule has 0 aliphatic heterocycles. The first kappa shape index (κ1) is 21.2. The summed E-state index contributed by atoms with van der Waals surface area (Å²) in [5.41, 5.74) is 1.40. The lowest BCUT2D eigenvalue weighted by molar-refractivity contribution is -0.128. The van der Waals surface area contributed by atoms with E-state index in [1.165, 1.54) is 46.1 Å². The molecule has 7 nitrogen and oxygen atoms in total. The number of esters is 1. The third-order valence-corrected chi connectivity index (χ3v) is 6.41. The number of para-hydroxylation sites is 1. The number of furan rings is 1. The van der Waals surface area contributed by atoms with E-state index in [1.54, 1.807) is 0 Å². The van der Waals surface area contributed by atoms with E-state index >= 15 is 0 Å². The van der Waals surface area contributed by atoms with E-state index in [-0.39, 0.29) is 5.76 Å². The number of rotatable bonds is 6. The van der Waals surface area contributed by atoms with Crippen molar-refractivity contribution in [3.63, 3.8) is 0 Å². The second-order valence-corrected chi connectivity index (χ2v) is 8.38. The van der Waals surface area contributed by atoms with Crippen LogP contribution in [0.5, 0.6) is 0 Å². The number of urea groups is 1. The minimum atomic E-state index is -1.13. The topological polar surface area (TPSA) is 97.6 Å². The first-order valence-corrected chi connectivity index (χ1v) is 10.9. The van der Waals surface area contributed by atoms with Crippen LogP contribution in [0.2, 0.25) is 0 Å². The summed E-state index contributed by atoms with van der Waals surface area (Å²) in [4.78, 5) is 36.0. The number of carbonyl (C=O) groups is 3. The Hall–Kier alpha value is -2.48. The van der Waals surface area contributed by atoms with Crippen LogP contribution in [0.15, 0.2) is 28.7 Å². The van der Waals surface area contributed by atoms with E-state index in [1.807, 2.05) is 36.0 Å². The molecule has 156 valence electrons. The number of carbonyl (C=O) groups excluding carboxylic acids is 3. The lowest BCUT2D eigenvalue weighted by atomic mass is 10.0. The van der Waals surface area contributed by atoms with Crippen molar-refractivity contribution in [2.45, 2.75) is 56.1 Å². The fourth-order valence-corrected chi connectivity index (χ4v) is 4.74. The molecule has 1 aliphatic rings. The zero-order chi connectivity index (χ0) is 20.8. The van der Waals surface area contributed by atoms with Gasteiger partial charge in [0.05, 0.1) is 0 Å². The molecular formula is C21H26N2O5S. The SMILES string of the molecule is CNC(=O)NC(=O)[C@H](C)OC(=O)c1oc2ccccc2c1CSC1CCCCC1. The summed E-state index contributed by atoms with van der Waals surface area (Å²) in [6.07, 6.45) is 5.03. The number of nitrogens with one attached hydrogen (secondary N) is 2. The van der Waals surface area contributed by atoms with Crippen LogP contribution in [-0.2, 0) is 15.3 Å². The van der Waals surface area contributed by atoms with Crippen LogP contribution in [0, 0.1) is 0 Å².